The molecule has 0 spiro atoms. The van der Waals surface area contributed by atoms with Crippen LogP contribution in [0.4, 0.5) is 0 Å². The van der Waals surface area contributed by atoms with Gasteiger partial charge in [-0.1, -0.05) is 12.1 Å². The van der Waals surface area contributed by atoms with Crippen LogP contribution in [0, 0.1) is 0 Å². The summed E-state index contributed by atoms with van der Waals surface area (Å²) in [5.41, 5.74) is 1.51. The second kappa shape index (κ2) is 3.96. The minimum absolute atomic E-state index is 0.206. The highest BCUT2D eigenvalue weighted by atomic mass is 16.3. The van der Waals surface area contributed by atoms with E-state index in [4.69, 9.17) is 0 Å². The molecule has 15 heavy (non-hydrogen) atoms. The number of rotatable bonds is 2. The molecule has 0 unspecified atom stereocenters. The van der Waals surface area contributed by atoms with Crippen LogP contribution >= 0.6 is 0 Å². The molecule has 76 valence electrons. The summed E-state index contributed by atoms with van der Waals surface area (Å²) in [6.45, 7) is 0. The van der Waals surface area contributed by atoms with E-state index in [-0.39, 0.29) is 5.90 Å². The van der Waals surface area contributed by atoms with Crippen LogP contribution in [-0.2, 0) is 0 Å². The second-order valence-corrected chi connectivity index (χ2v) is 3.03. The molecule has 0 fully saturated rings. The first kappa shape index (κ1) is 9.45. The van der Waals surface area contributed by atoms with E-state index < -0.39 is 0 Å². The molecule has 1 aromatic heterocycles. The predicted octanol–water partition coefficient (Wildman–Crippen LogP) is 0.609. The molecule has 2 aromatic rings. The molecule has 0 bridgehead atoms. The average Bonchev–Trinajstić information content (AvgIpc) is 2.82. The van der Waals surface area contributed by atoms with Crippen molar-refractivity contribution < 1.29 is 5.11 Å². The Hall–Kier alpha value is -2.10. The van der Waals surface area contributed by atoms with Crippen LogP contribution in [0.15, 0.2) is 47.7 Å². The molecule has 0 aliphatic carbocycles. The van der Waals surface area contributed by atoms with Crippen LogP contribution in [0.25, 0.3) is 5.69 Å². The first-order valence-electron chi connectivity index (χ1n) is 4.55. The van der Waals surface area contributed by atoms with E-state index in [1.165, 1.54) is 7.05 Å². The third-order valence-electron chi connectivity index (χ3n) is 2.09. The first-order chi connectivity index (χ1) is 7.31. The van der Waals surface area contributed by atoms with Crippen LogP contribution in [0.3, 0.4) is 0 Å². The molecular formula is C11H10N3O-. The third kappa shape index (κ3) is 1.88. The topological polar surface area (TPSA) is 53.2 Å². The van der Waals surface area contributed by atoms with E-state index in [0.717, 1.165) is 5.69 Å². The summed E-state index contributed by atoms with van der Waals surface area (Å²) in [7, 11) is 1.49. The molecule has 0 amide bonds. The minimum Gasteiger partial charge on any atom is -0.859 e. The Balaban J connectivity index is 2.33. The Labute approximate surface area is 87.5 Å². The van der Waals surface area contributed by atoms with Crippen molar-refractivity contribution in [2.24, 2.45) is 4.99 Å². The van der Waals surface area contributed by atoms with E-state index in [2.05, 4.69) is 10.1 Å². The maximum atomic E-state index is 11.2. The number of hydrogen-bond donors (Lipinski definition) is 0. The van der Waals surface area contributed by atoms with Crippen LogP contribution < -0.4 is 5.11 Å². The van der Waals surface area contributed by atoms with Crippen molar-refractivity contribution in [2.45, 2.75) is 0 Å². The highest BCUT2D eigenvalue weighted by Crippen LogP contribution is 2.08. The zero-order chi connectivity index (χ0) is 10.7. The van der Waals surface area contributed by atoms with Crippen molar-refractivity contribution in [3.63, 3.8) is 0 Å². The maximum Gasteiger partial charge on any atom is 0.0645 e. The number of hydrogen-bond acceptors (Lipinski definition) is 3. The first-order valence-corrected chi connectivity index (χ1v) is 4.55. The Morgan fingerprint density at radius 1 is 1.33 bits per heavy atom. The third-order valence-corrected chi connectivity index (χ3v) is 2.09. The molecule has 0 aliphatic rings. The number of nitrogens with zero attached hydrogens (tertiary/aromatic N) is 3. The lowest BCUT2D eigenvalue weighted by Crippen LogP contribution is -2.18. The Morgan fingerprint density at radius 2 is 2.07 bits per heavy atom. The van der Waals surface area contributed by atoms with Crippen molar-refractivity contribution in [2.75, 3.05) is 7.05 Å². The summed E-state index contributed by atoms with van der Waals surface area (Å²) in [5, 5.41) is 15.3. The zero-order valence-electron chi connectivity index (χ0n) is 8.29. The summed E-state index contributed by atoms with van der Waals surface area (Å²) >= 11 is 0. The monoisotopic (exact) mass is 200 g/mol. The van der Waals surface area contributed by atoms with Crippen LogP contribution in [-0.4, -0.2) is 22.7 Å². The van der Waals surface area contributed by atoms with Crippen molar-refractivity contribution in [1.82, 2.24) is 9.78 Å². The summed E-state index contributed by atoms with van der Waals surface area (Å²) in [5.74, 6) is -0.206. The highest BCUT2D eigenvalue weighted by molar-refractivity contribution is 5.90. The molecule has 0 radical (unpaired) electrons. The molecule has 4 heteroatoms. The fourth-order valence-corrected chi connectivity index (χ4v) is 1.31. The van der Waals surface area contributed by atoms with Gasteiger partial charge in [0.1, 0.15) is 0 Å². The van der Waals surface area contributed by atoms with Crippen LogP contribution in [0.2, 0.25) is 0 Å². The SMILES string of the molecule is CN=C([O-])c1ccc(-n2cccn2)cc1. The van der Waals surface area contributed by atoms with Crippen molar-refractivity contribution in [3.05, 3.63) is 48.3 Å². The molecule has 1 heterocycles. The lowest BCUT2D eigenvalue weighted by Gasteiger charge is -2.09. The molecule has 1 aromatic carbocycles. The number of benzene rings is 1. The normalized spacial score (nSPS) is 11.7. The lowest BCUT2D eigenvalue weighted by atomic mass is 10.2. The average molecular weight is 200 g/mol. The largest absolute Gasteiger partial charge is 0.859 e. The molecule has 0 aliphatic heterocycles. The Bertz CT molecular complexity index is 457. The molecule has 0 atom stereocenters. The summed E-state index contributed by atoms with van der Waals surface area (Å²) in [4.78, 5) is 3.59. The van der Waals surface area contributed by atoms with Gasteiger partial charge in [0.2, 0.25) is 0 Å². The smallest absolute Gasteiger partial charge is 0.0645 e. The van der Waals surface area contributed by atoms with Gasteiger partial charge in [0.05, 0.1) is 5.69 Å². The highest BCUT2D eigenvalue weighted by Gasteiger charge is 1.96. The lowest BCUT2D eigenvalue weighted by molar-refractivity contribution is -0.213. The minimum atomic E-state index is -0.206. The zero-order valence-corrected chi connectivity index (χ0v) is 8.29. The Morgan fingerprint density at radius 3 is 2.60 bits per heavy atom. The molecule has 2 rings (SSSR count). The second-order valence-electron chi connectivity index (χ2n) is 3.03. The molecular weight excluding hydrogens is 190 g/mol. The van der Waals surface area contributed by atoms with E-state index in [1.807, 2.05) is 24.4 Å². The fraction of sp³-hybridized carbons (Fsp3) is 0.0909. The van der Waals surface area contributed by atoms with E-state index in [0.29, 0.717) is 5.56 Å². The van der Waals surface area contributed by atoms with E-state index in [9.17, 15) is 5.11 Å². The van der Waals surface area contributed by atoms with E-state index in [1.54, 1.807) is 23.0 Å². The standard InChI is InChI=1S/C11H11N3O/c1-12-11(15)9-3-5-10(6-4-9)14-8-2-7-13-14/h2-8H,1H3,(H,12,15)/p-1. The van der Waals surface area contributed by atoms with Gasteiger partial charge in [-0.3, -0.25) is 0 Å². The predicted molar refractivity (Wildman–Crippen MR) is 56.0 cm³/mol. The molecule has 4 nitrogen and oxygen atoms in total. The Kier molecular flexibility index (Phi) is 2.49. The van der Waals surface area contributed by atoms with Crippen LogP contribution in [0.5, 0.6) is 0 Å². The molecule has 0 N–H and O–H groups in total. The summed E-state index contributed by atoms with van der Waals surface area (Å²) in [6, 6.07) is 9.01. The van der Waals surface area contributed by atoms with Gasteiger partial charge >= 0.3 is 0 Å². The summed E-state index contributed by atoms with van der Waals surface area (Å²) < 4.78 is 1.73. The number of aliphatic imine (C=N–C) groups is 1. The molecule has 0 saturated carbocycles. The summed E-state index contributed by atoms with van der Waals surface area (Å²) in [6.07, 6.45) is 3.56. The number of aromatic nitrogens is 2. The molecule has 0 saturated heterocycles. The van der Waals surface area contributed by atoms with Gasteiger partial charge in [-0.05, 0) is 29.7 Å². The maximum absolute atomic E-state index is 11.2. The van der Waals surface area contributed by atoms with Gasteiger partial charge in [0.25, 0.3) is 0 Å². The van der Waals surface area contributed by atoms with Gasteiger partial charge in [0.15, 0.2) is 0 Å². The van der Waals surface area contributed by atoms with Crippen molar-refractivity contribution in [1.29, 1.82) is 0 Å². The van der Waals surface area contributed by atoms with Gasteiger partial charge in [0, 0.05) is 19.4 Å². The van der Waals surface area contributed by atoms with Gasteiger partial charge in [-0.15, -0.1) is 0 Å². The fourth-order valence-electron chi connectivity index (χ4n) is 1.31. The van der Waals surface area contributed by atoms with Gasteiger partial charge < -0.3 is 10.1 Å². The van der Waals surface area contributed by atoms with Crippen LogP contribution in [0.1, 0.15) is 5.56 Å². The van der Waals surface area contributed by atoms with Gasteiger partial charge in [-0.2, -0.15) is 5.10 Å². The van der Waals surface area contributed by atoms with Crippen molar-refractivity contribution in [3.8, 4) is 5.69 Å². The van der Waals surface area contributed by atoms with E-state index >= 15 is 0 Å². The van der Waals surface area contributed by atoms with Gasteiger partial charge in [-0.25, -0.2) is 4.68 Å². The quantitative estimate of drug-likeness (QED) is 0.526. The van der Waals surface area contributed by atoms with Crippen molar-refractivity contribution >= 4 is 5.90 Å².